The summed E-state index contributed by atoms with van der Waals surface area (Å²) in [5, 5.41) is 16.7. The molecule has 1 aromatic heterocycles. The number of carbonyl (C=O) groups is 4. The van der Waals surface area contributed by atoms with Gasteiger partial charge in [-0.25, -0.2) is 19.2 Å². The summed E-state index contributed by atoms with van der Waals surface area (Å²) < 4.78 is 12.7. The van der Waals surface area contributed by atoms with E-state index in [9.17, 15) is 24.0 Å². The van der Waals surface area contributed by atoms with Crippen molar-refractivity contribution >= 4 is 29.9 Å². The number of nitrogens with one attached hydrogen (secondary N) is 3. The van der Waals surface area contributed by atoms with Crippen LogP contribution in [0.15, 0.2) is 41.3 Å². The van der Waals surface area contributed by atoms with Gasteiger partial charge in [0.05, 0.1) is 5.69 Å². The Balaban J connectivity index is 1.22. The summed E-state index contributed by atoms with van der Waals surface area (Å²) in [7, 11) is 0. The lowest BCUT2D eigenvalue weighted by molar-refractivity contribution is -0.138. The Morgan fingerprint density at radius 2 is 1.63 bits per heavy atom. The van der Waals surface area contributed by atoms with E-state index in [0.29, 0.717) is 30.5 Å². The third-order valence-electron chi connectivity index (χ3n) is 8.33. The number of nitrogens with zero attached hydrogens (tertiary/aromatic N) is 5. The van der Waals surface area contributed by atoms with Gasteiger partial charge in [-0.3, -0.25) is 19.6 Å². The SMILES string of the molecule is CC(COc1ccc(-n2ccc(NC(=O)N3CCN(C(=O)C(C)(C)NC(=O)O)CC3)nc2=O)cc1)N1CCC(CNC(=O)OC(C)(C)C)C1. The highest BCUT2D eigenvalue weighted by Gasteiger charge is 2.36. The van der Waals surface area contributed by atoms with E-state index in [2.05, 4.69) is 32.8 Å². The molecule has 4 N–H and O–H groups in total. The number of rotatable bonds is 10. The van der Waals surface area contributed by atoms with E-state index in [1.165, 1.54) is 40.5 Å². The Bertz CT molecular complexity index is 1550. The summed E-state index contributed by atoms with van der Waals surface area (Å²) in [6.45, 7) is 14.4. The number of anilines is 1. The van der Waals surface area contributed by atoms with E-state index in [-0.39, 0.29) is 43.9 Å². The first kappa shape index (κ1) is 37.0. The first-order valence-electron chi connectivity index (χ1n) is 16.4. The normalized spacial score (nSPS) is 17.6. The average Bonchev–Trinajstić information content (AvgIpc) is 3.51. The van der Waals surface area contributed by atoms with E-state index >= 15 is 0 Å². The fourth-order valence-corrected chi connectivity index (χ4v) is 5.68. The smallest absolute Gasteiger partial charge is 0.407 e. The molecule has 5 amide bonds. The van der Waals surface area contributed by atoms with Crippen molar-refractivity contribution in [3.63, 3.8) is 0 Å². The number of carboxylic acid groups (broad SMARTS) is 1. The number of amides is 5. The number of hydrogen-bond donors (Lipinski definition) is 4. The van der Waals surface area contributed by atoms with Crippen LogP contribution < -0.4 is 26.4 Å². The van der Waals surface area contributed by atoms with E-state index in [0.717, 1.165) is 19.5 Å². The van der Waals surface area contributed by atoms with E-state index < -0.39 is 35.0 Å². The zero-order chi connectivity index (χ0) is 35.9. The zero-order valence-electron chi connectivity index (χ0n) is 29.0. The number of hydrogen-bond acceptors (Lipinski definition) is 9. The predicted molar refractivity (Wildman–Crippen MR) is 181 cm³/mol. The van der Waals surface area contributed by atoms with Gasteiger partial charge in [0, 0.05) is 51.5 Å². The number of urea groups is 1. The number of piperazine rings is 1. The van der Waals surface area contributed by atoms with E-state index in [4.69, 9.17) is 14.6 Å². The highest BCUT2D eigenvalue weighted by Crippen LogP contribution is 2.21. The fourth-order valence-electron chi connectivity index (χ4n) is 5.68. The van der Waals surface area contributed by atoms with Crippen molar-refractivity contribution in [3.8, 4) is 11.4 Å². The van der Waals surface area contributed by atoms with Crippen LogP contribution in [0.2, 0.25) is 0 Å². The zero-order valence-corrected chi connectivity index (χ0v) is 29.0. The Hall–Kier alpha value is -4.86. The highest BCUT2D eigenvalue weighted by molar-refractivity contribution is 5.90. The molecule has 0 spiro atoms. The molecule has 268 valence electrons. The maximum absolute atomic E-state index is 12.8. The molecule has 2 aliphatic rings. The molecule has 3 heterocycles. The van der Waals surface area contributed by atoms with Crippen molar-refractivity contribution < 1.29 is 33.8 Å². The van der Waals surface area contributed by atoms with Crippen LogP contribution in [-0.2, 0) is 9.53 Å². The van der Waals surface area contributed by atoms with Gasteiger partial charge in [0.1, 0.15) is 29.3 Å². The number of carbonyl (C=O) groups excluding carboxylic acids is 3. The van der Waals surface area contributed by atoms with Crippen LogP contribution in [0.3, 0.4) is 0 Å². The second-order valence-electron chi connectivity index (χ2n) is 13.9. The van der Waals surface area contributed by atoms with Gasteiger partial charge in [0.2, 0.25) is 5.91 Å². The van der Waals surface area contributed by atoms with Gasteiger partial charge in [0.25, 0.3) is 0 Å². The van der Waals surface area contributed by atoms with Gasteiger partial charge in [-0.1, -0.05) is 0 Å². The number of ether oxygens (including phenoxy) is 2. The molecule has 0 aliphatic carbocycles. The molecular weight excluding hydrogens is 636 g/mol. The molecule has 49 heavy (non-hydrogen) atoms. The number of aromatic nitrogens is 2. The maximum atomic E-state index is 12.8. The molecule has 2 fully saturated rings. The van der Waals surface area contributed by atoms with Crippen LogP contribution >= 0.6 is 0 Å². The van der Waals surface area contributed by atoms with E-state index in [1.807, 2.05) is 20.8 Å². The summed E-state index contributed by atoms with van der Waals surface area (Å²) in [5.41, 5.74) is -1.81. The largest absolute Gasteiger partial charge is 0.492 e. The third kappa shape index (κ3) is 10.6. The average molecular weight is 685 g/mol. The Morgan fingerprint density at radius 1 is 0.980 bits per heavy atom. The molecule has 2 aromatic rings. The minimum absolute atomic E-state index is 0.0928. The lowest BCUT2D eigenvalue weighted by Gasteiger charge is -2.38. The molecule has 2 atom stereocenters. The Morgan fingerprint density at radius 3 is 2.24 bits per heavy atom. The quantitative estimate of drug-likeness (QED) is 0.290. The molecule has 2 aliphatic heterocycles. The van der Waals surface area contributed by atoms with Crippen LogP contribution in [-0.4, -0.2) is 123 Å². The number of benzene rings is 1. The molecule has 16 heteroatoms. The van der Waals surface area contributed by atoms with Crippen molar-refractivity contribution in [2.45, 2.75) is 65.1 Å². The number of alkyl carbamates (subject to hydrolysis) is 1. The van der Waals surface area contributed by atoms with Crippen LogP contribution in [0.4, 0.5) is 20.2 Å². The highest BCUT2D eigenvalue weighted by atomic mass is 16.6. The summed E-state index contributed by atoms with van der Waals surface area (Å²) >= 11 is 0. The van der Waals surface area contributed by atoms with Crippen molar-refractivity contribution in [1.82, 2.24) is 34.9 Å². The molecular formula is C33H48N8O8. The minimum Gasteiger partial charge on any atom is -0.492 e. The van der Waals surface area contributed by atoms with Gasteiger partial charge in [0.15, 0.2) is 0 Å². The first-order valence-corrected chi connectivity index (χ1v) is 16.4. The van der Waals surface area contributed by atoms with Crippen LogP contribution in [0, 0.1) is 5.92 Å². The van der Waals surface area contributed by atoms with Crippen molar-refractivity contribution in [2.24, 2.45) is 5.92 Å². The first-order chi connectivity index (χ1) is 23.0. The fraction of sp³-hybridized carbons (Fsp3) is 0.576. The molecule has 0 radical (unpaired) electrons. The van der Waals surface area contributed by atoms with Crippen molar-refractivity contribution in [2.75, 3.05) is 57.7 Å². The van der Waals surface area contributed by atoms with Crippen LogP contribution in [0.1, 0.15) is 48.0 Å². The van der Waals surface area contributed by atoms with E-state index in [1.54, 1.807) is 24.3 Å². The molecule has 1 aromatic carbocycles. The van der Waals surface area contributed by atoms with Gasteiger partial charge >= 0.3 is 23.9 Å². The van der Waals surface area contributed by atoms with Crippen LogP contribution in [0.25, 0.3) is 5.69 Å². The summed E-state index contributed by atoms with van der Waals surface area (Å²) in [5.74, 6) is 0.719. The van der Waals surface area contributed by atoms with Crippen LogP contribution in [0.5, 0.6) is 5.75 Å². The molecule has 2 saturated heterocycles. The lowest BCUT2D eigenvalue weighted by Crippen LogP contribution is -2.60. The molecule has 0 saturated carbocycles. The van der Waals surface area contributed by atoms with Crippen molar-refractivity contribution in [3.05, 3.63) is 47.0 Å². The minimum atomic E-state index is -1.29. The molecule has 4 rings (SSSR count). The second kappa shape index (κ2) is 15.6. The second-order valence-corrected chi connectivity index (χ2v) is 13.9. The van der Waals surface area contributed by atoms with Gasteiger partial charge in [-0.05, 0) is 90.8 Å². The molecule has 2 unspecified atom stereocenters. The molecule has 0 bridgehead atoms. The van der Waals surface area contributed by atoms with Crippen molar-refractivity contribution in [1.29, 1.82) is 0 Å². The Kier molecular flexibility index (Phi) is 11.7. The maximum Gasteiger partial charge on any atom is 0.407 e. The molecule has 16 nitrogen and oxygen atoms in total. The monoisotopic (exact) mass is 684 g/mol. The summed E-state index contributed by atoms with van der Waals surface area (Å²) in [6.07, 6.45) is 0.814. The lowest BCUT2D eigenvalue weighted by atomic mass is 10.0. The van der Waals surface area contributed by atoms with Gasteiger partial charge < -0.3 is 35.0 Å². The Labute approximate surface area is 285 Å². The topological polar surface area (TPSA) is 188 Å². The van der Waals surface area contributed by atoms with Gasteiger partial charge in [-0.2, -0.15) is 4.98 Å². The standard InChI is InChI=1S/C33H48N8O8/c1-22(40-13-11-23(20-40)19-34-31(47)49-32(2,3)4)21-48-25-9-7-24(8-10-25)41-14-12-26(36-29(41)44)35-28(43)39-17-15-38(16-18-39)27(42)33(5,6)37-30(45)46/h7-10,12,14,22-23,37H,11,13,15-21H2,1-6H3,(H,34,47)(H,45,46)(H,35,36,43,44). The number of likely N-dealkylation sites (tertiary alicyclic amines) is 1. The predicted octanol–water partition coefficient (Wildman–Crippen LogP) is 2.57. The summed E-state index contributed by atoms with van der Waals surface area (Å²) in [6, 6.07) is 8.30. The summed E-state index contributed by atoms with van der Waals surface area (Å²) in [4.78, 5) is 70.7. The third-order valence-corrected chi connectivity index (χ3v) is 8.33. The van der Waals surface area contributed by atoms with Gasteiger partial charge in [-0.15, -0.1) is 0 Å².